The zero-order valence-electron chi connectivity index (χ0n) is 16.2. The van der Waals surface area contributed by atoms with Gasteiger partial charge in [-0.3, -0.25) is 10.1 Å². The summed E-state index contributed by atoms with van der Waals surface area (Å²) in [4.78, 5) is 17.4. The van der Waals surface area contributed by atoms with E-state index in [-0.39, 0.29) is 10.8 Å². The molecule has 2 aromatic carbocycles. The number of nitrogens with one attached hydrogen (secondary N) is 1. The van der Waals surface area contributed by atoms with Gasteiger partial charge in [-0.05, 0) is 59.7 Å². The van der Waals surface area contributed by atoms with Gasteiger partial charge in [0.05, 0.1) is 20.8 Å². The van der Waals surface area contributed by atoms with Crippen LogP contribution in [0.5, 0.6) is 0 Å². The van der Waals surface area contributed by atoms with Gasteiger partial charge in [-0.25, -0.2) is 18.1 Å². The third kappa shape index (κ3) is 3.80. The second kappa shape index (κ2) is 7.80. The van der Waals surface area contributed by atoms with E-state index in [1.807, 2.05) is 0 Å². The van der Waals surface area contributed by atoms with E-state index in [1.165, 1.54) is 26.7 Å². The van der Waals surface area contributed by atoms with Crippen LogP contribution in [0.2, 0.25) is 0 Å². The van der Waals surface area contributed by atoms with Crippen molar-refractivity contribution in [3.8, 4) is 5.69 Å². The number of hydrogen-bond donors (Lipinski definition) is 1. The highest BCUT2D eigenvalue weighted by Crippen LogP contribution is 2.30. The smallest absolute Gasteiger partial charge is 0.257 e. The van der Waals surface area contributed by atoms with Crippen LogP contribution >= 0.6 is 11.3 Å². The molecule has 0 unspecified atom stereocenters. The van der Waals surface area contributed by atoms with Crippen molar-refractivity contribution in [1.82, 2.24) is 29.5 Å². The lowest BCUT2D eigenvalue weighted by molar-refractivity contribution is 0.102. The molecule has 0 aliphatic carbocycles. The van der Waals surface area contributed by atoms with E-state index < -0.39 is 10.0 Å². The van der Waals surface area contributed by atoms with Crippen molar-refractivity contribution in [3.05, 3.63) is 54.4 Å². The third-order valence-corrected chi connectivity index (χ3v) is 7.83. The molecule has 1 aliphatic rings. The number of rotatable bonds is 5. The van der Waals surface area contributed by atoms with E-state index >= 15 is 0 Å². The monoisotopic (exact) mass is 455 g/mol. The maximum Gasteiger partial charge on any atom is 0.257 e. The van der Waals surface area contributed by atoms with Crippen LogP contribution in [0.1, 0.15) is 23.2 Å². The molecule has 1 amide bonds. The number of hydrogen-bond acceptors (Lipinski definition) is 8. The molecular weight excluding hydrogens is 438 g/mol. The van der Waals surface area contributed by atoms with Crippen molar-refractivity contribution >= 4 is 42.6 Å². The van der Waals surface area contributed by atoms with E-state index in [4.69, 9.17) is 0 Å². The molecule has 12 heteroatoms. The minimum absolute atomic E-state index is 0.248. The van der Waals surface area contributed by atoms with Crippen molar-refractivity contribution in [3.63, 3.8) is 0 Å². The molecule has 1 saturated heterocycles. The molecule has 1 N–H and O–H groups in total. The topological polar surface area (TPSA) is 123 Å². The van der Waals surface area contributed by atoms with Gasteiger partial charge in [0.2, 0.25) is 10.0 Å². The van der Waals surface area contributed by atoms with Gasteiger partial charge in [0, 0.05) is 18.7 Å². The Labute approximate surface area is 181 Å². The Hall–Kier alpha value is -3.22. The lowest BCUT2D eigenvalue weighted by Gasteiger charge is -2.15. The highest BCUT2D eigenvalue weighted by Gasteiger charge is 2.27. The van der Waals surface area contributed by atoms with Crippen molar-refractivity contribution in [2.24, 2.45) is 0 Å². The van der Waals surface area contributed by atoms with Crippen molar-refractivity contribution < 1.29 is 13.2 Å². The van der Waals surface area contributed by atoms with Crippen LogP contribution in [0, 0.1) is 0 Å². The van der Waals surface area contributed by atoms with Crippen LogP contribution in [0.15, 0.2) is 53.7 Å². The van der Waals surface area contributed by atoms with Crippen LogP contribution in [-0.4, -0.2) is 56.9 Å². The number of tetrazole rings is 1. The van der Waals surface area contributed by atoms with E-state index in [0.29, 0.717) is 39.7 Å². The summed E-state index contributed by atoms with van der Waals surface area (Å²) in [7, 11) is -3.51. The molecule has 1 fully saturated rings. The first-order chi connectivity index (χ1) is 15.0. The molecule has 31 heavy (non-hydrogen) atoms. The van der Waals surface area contributed by atoms with Crippen LogP contribution < -0.4 is 5.32 Å². The van der Waals surface area contributed by atoms with Crippen molar-refractivity contribution in [2.45, 2.75) is 17.7 Å². The lowest BCUT2D eigenvalue weighted by atomic mass is 10.2. The third-order valence-electron chi connectivity index (χ3n) is 5.01. The molecule has 1 aliphatic heterocycles. The Kier molecular flexibility index (Phi) is 4.96. The molecule has 0 spiro atoms. The molecule has 4 aromatic rings. The summed E-state index contributed by atoms with van der Waals surface area (Å²) in [5, 5.41) is 14.2. The fourth-order valence-corrected chi connectivity index (χ4v) is 5.95. The molecule has 0 atom stereocenters. The number of carbonyl (C=O) groups is 1. The summed E-state index contributed by atoms with van der Waals surface area (Å²) in [5.74, 6) is -0.334. The molecule has 0 saturated carbocycles. The van der Waals surface area contributed by atoms with E-state index in [1.54, 1.807) is 42.5 Å². The highest BCUT2D eigenvalue weighted by atomic mass is 32.2. The summed E-state index contributed by atoms with van der Waals surface area (Å²) in [6.07, 6.45) is 3.21. The number of amides is 1. The predicted molar refractivity (Wildman–Crippen MR) is 115 cm³/mol. The predicted octanol–water partition coefficient (Wildman–Crippen LogP) is 2.31. The van der Waals surface area contributed by atoms with E-state index in [0.717, 1.165) is 12.8 Å². The first kappa shape index (κ1) is 19.7. The van der Waals surface area contributed by atoms with Gasteiger partial charge in [0.1, 0.15) is 6.33 Å². The van der Waals surface area contributed by atoms with Crippen LogP contribution in [0.4, 0.5) is 5.13 Å². The van der Waals surface area contributed by atoms with Crippen LogP contribution in [0.25, 0.3) is 15.9 Å². The van der Waals surface area contributed by atoms with E-state index in [2.05, 4.69) is 25.8 Å². The summed E-state index contributed by atoms with van der Waals surface area (Å²) in [6.45, 7) is 1.10. The summed E-state index contributed by atoms with van der Waals surface area (Å²) in [5.41, 5.74) is 1.70. The Balaban J connectivity index is 1.39. The summed E-state index contributed by atoms with van der Waals surface area (Å²) in [6, 6.07) is 11.7. The lowest BCUT2D eigenvalue weighted by Crippen LogP contribution is -2.27. The van der Waals surface area contributed by atoms with Gasteiger partial charge >= 0.3 is 0 Å². The number of fused-ring (bicyclic) bond motifs is 1. The Morgan fingerprint density at radius 1 is 1.10 bits per heavy atom. The summed E-state index contributed by atoms with van der Waals surface area (Å²) >= 11 is 1.23. The van der Waals surface area contributed by atoms with Gasteiger partial charge in [-0.2, -0.15) is 4.31 Å². The number of nitrogens with zero attached hydrogens (tertiary/aromatic N) is 6. The molecule has 158 valence electrons. The fraction of sp³-hybridized carbons (Fsp3) is 0.211. The van der Waals surface area contributed by atoms with Gasteiger partial charge in [-0.15, -0.1) is 5.10 Å². The average Bonchev–Trinajstić information content (AvgIpc) is 3.55. The largest absolute Gasteiger partial charge is 0.298 e. The minimum Gasteiger partial charge on any atom is -0.298 e. The zero-order chi connectivity index (χ0) is 21.4. The molecule has 0 bridgehead atoms. The number of anilines is 1. The average molecular weight is 456 g/mol. The molecule has 3 heterocycles. The molecule has 2 aromatic heterocycles. The standard InChI is InChI=1S/C19H17N7O3S2/c27-18(13-4-3-5-14(10-13)26-12-20-23-24-26)22-19-21-16-7-6-15(11-17(16)30-19)31(28,29)25-8-1-2-9-25/h3-7,10-12H,1-2,8-9H2,(H,21,22,27). The van der Waals surface area contributed by atoms with Crippen molar-refractivity contribution in [1.29, 1.82) is 0 Å². The Morgan fingerprint density at radius 2 is 1.94 bits per heavy atom. The highest BCUT2D eigenvalue weighted by molar-refractivity contribution is 7.89. The Morgan fingerprint density at radius 3 is 2.71 bits per heavy atom. The van der Waals surface area contributed by atoms with Crippen LogP contribution in [0.3, 0.4) is 0 Å². The quantitative estimate of drug-likeness (QED) is 0.490. The Bertz CT molecular complexity index is 1360. The number of benzene rings is 2. The zero-order valence-corrected chi connectivity index (χ0v) is 17.8. The number of sulfonamides is 1. The van der Waals surface area contributed by atoms with E-state index in [9.17, 15) is 13.2 Å². The van der Waals surface area contributed by atoms with Gasteiger partial charge < -0.3 is 0 Å². The molecule has 5 rings (SSSR count). The SMILES string of the molecule is O=C(Nc1nc2ccc(S(=O)(=O)N3CCCC3)cc2s1)c1cccc(-n2cnnn2)c1. The second-order valence-electron chi connectivity index (χ2n) is 7.02. The molecular formula is C19H17N7O3S2. The van der Waals surface area contributed by atoms with Gasteiger partial charge in [0.25, 0.3) is 5.91 Å². The minimum atomic E-state index is -3.51. The van der Waals surface area contributed by atoms with Crippen LogP contribution in [-0.2, 0) is 10.0 Å². The first-order valence-corrected chi connectivity index (χ1v) is 11.8. The number of thiazole rings is 1. The molecule has 0 radical (unpaired) electrons. The number of aromatic nitrogens is 5. The molecule has 10 nitrogen and oxygen atoms in total. The number of carbonyl (C=O) groups excluding carboxylic acids is 1. The second-order valence-corrected chi connectivity index (χ2v) is 9.99. The fourth-order valence-electron chi connectivity index (χ4n) is 3.43. The summed E-state index contributed by atoms with van der Waals surface area (Å²) < 4.78 is 29.3. The van der Waals surface area contributed by atoms with Gasteiger partial charge in [0.15, 0.2) is 5.13 Å². The maximum atomic E-state index is 12.8. The first-order valence-electron chi connectivity index (χ1n) is 9.56. The van der Waals surface area contributed by atoms with Gasteiger partial charge in [-0.1, -0.05) is 17.4 Å². The van der Waals surface area contributed by atoms with Crippen molar-refractivity contribution in [2.75, 3.05) is 18.4 Å². The maximum absolute atomic E-state index is 12.8. The normalized spacial score (nSPS) is 14.8.